The predicted octanol–water partition coefficient (Wildman–Crippen LogP) is 1.82. The van der Waals surface area contributed by atoms with Crippen molar-refractivity contribution in [1.29, 1.82) is 0 Å². The minimum Gasteiger partial charge on any atom is -0.497 e. The minimum absolute atomic E-state index is 0.181. The van der Waals surface area contributed by atoms with Gasteiger partial charge in [0.2, 0.25) is 0 Å². The van der Waals surface area contributed by atoms with Gasteiger partial charge >= 0.3 is 0 Å². The van der Waals surface area contributed by atoms with Crippen molar-refractivity contribution in [3.8, 4) is 5.75 Å². The third-order valence-electron chi connectivity index (χ3n) is 3.22. The Morgan fingerprint density at radius 1 is 1.21 bits per heavy atom. The fourth-order valence-electron chi connectivity index (χ4n) is 2.21. The first-order chi connectivity index (χ1) is 9.21. The lowest BCUT2D eigenvalue weighted by Crippen LogP contribution is -2.12. The summed E-state index contributed by atoms with van der Waals surface area (Å²) in [5.41, 5.74) is 2.37. The summed E-state index contributed by atoms with van der Waals surface area (Å²) >= 11 is 0. The second-order valence-electron chi connectivity index (χ2n) is 4.83. The van der Waals surface area contributed by atoms with Gasteiger partial charge in [-0.25, -0.2) is 0 Å². The number of benzene rings is 1. The molecule has 0 spiro atoms. The van der Waals surface area contributed by atoms with E-state index in [1.165, 1.54) is 5.56 Å². The van der Waals surface area contributed by atoms with Gasteiger partial charge in [0.25, 0.3) is 0 Å². The van der Waals surface area contributed by atoms with Crippen molar-refractivity contribution in [3.05, 3.63) is 47.8 Å². The van der Waals surface area contributed by atoms with E-state index in [4.69, 9.17) is 4.74 Å². The Bertz CT molecular complexity index is 505. The van der Waals surface area contributed by atoms with Gasteiger partial charge in [-0.05, 0) is 42.0 Å². The summed E-state index contributed by atoms with van der Waals surface area (Å²) in [6.45, 7) is 0.181. The molecule has 1 aromatic carbocycles. The van der Waals surface area contributed by atoms with Crippen LogP contribution in [-0.2, 0) is 19.9 Å². The second-order valence-corrected chi connectivity index (χ2v) is 4.83. The van der Waals surface area contributed by atoms with Gasteiger partial charge in [0, 0.05) is 19.9 Å². The fraction of sp³-hybridized carbons (Fsp3) is 0.400. The maximum atomic E-state index is 9.50. The number of aliphatic hydroxyl groups is 1. The molecular weight excluding hydrogens is 240 g/mol. The molecule has 1 N–H and O–H groups in total. The van der Waals surface area contributed by atoms with E-state index in [1.54, 1.807) is 11.8 Å². The summed E-state index contributed by atoms with van der Waals surface area (Å²) in [4.78, 5) is 0. The molecule has 0 saturated carbocycles. The van der Waals surface area contributed by atoms with Crippen molar-refractivity contribution in [3.63, 3.8) is 0 Å². The molecule has 2 aromatic rings. The molecule has 1 heterocycles. The topological polar surface area (TPSA) is 47.3 Å². The van der Waals surface area contributed by atoms with Gasteiger partial charge in [-0.1, -0.05) is 12.1 Å². The molecule has 0 aliphatic rings. The van der Waals surface area contributed by atoms with Gasteiger partial charge in [-0.2, -0.15) is 5.10 Å². The fourth-order valence-corrected chi connectivity index (χ4v) is 2.21. The summed E-state index contributed by atoms with van der Waals surface area (Å²) in [6, 6.07) is 8.00. The summed E-state index contributed by atoms with van der Waals surface area (Å²) in [7, 11) is 3.56. The lowest BCUT2D eigenvalue weighted by molar-refractivity contribution is 0.225. The molecule has 1 aromatic heterocycles. The van der Waals surface area contributed by atoms with Crippen LogP contribution in [0.15, 0.2) is 36.7 Å². The molecule has 2 rings (SSSR count). The predicted molar refractivity (Wildman–Crippen MR) is 74.2 cm³/mol. The molecule has 4 nitrogen and oxygen atoms in total. The maximum absolute atomic E-state index is 9.50. The van der Waals surface area contributed by atoms with Crippen molar-refractivity contribution in [2.24, 2.45) is 13.0 Å². The molecule has 0 fully saturated rings. The van der Waals surface area contributed by atoms with Crippen LogP contribution in [0.4, 0.5) is 0 Å². The van der Waals surface area contributed by atoms with Crippen LogP contribution in [-0.4, -0.2) is 28.6 Å². The lowest BCUT2D eigenvalue weighted by atomic mass is 9.94. The van der Waals surface area contributed by atoms with Crippen LogP contribution in [0.25, 0.3) is 0 Å². The van der Waals surface area contributed by atoms with Crippen LogP contribution < -0.4 is 4.74 Å². The van der Waals surface area contributed by atoms with Gasteiger partial charge in [0.15, 0.2) is 0 Å². The number of aryl methyl sites for hydroxylation is 1. The Morgan fingerprint density at radius 2 is 1.89 bits per heavy atom. The largest absolute Gasteiger partial charge is 0.497 e. The van der Waals surface area contributed by atoms with Crippen molar-refractivity contribution in [2.45, 2.75) is 12.8 Å². The van der Waals surface area contributed by atoms with Gasteiger partial charge in [-0.15, -0.1) is 0 Å². The quantitative estimate of drug-likeness (QED) is 0.862. The highest BCUT2D eigenvalue weighted by molar-refractivity contribution is 5.27. The van der Waals surface area contributed by atoms with Gasteiger partial charge in [0.05, 0.1) is 13.3 Å². The average molecular weight is 260 g/mol. The first kappa shape index (κ1) is 13.6. The highest BCUT2D eigenvalue weighted by Gasteiger charge is 2.11. The molecule has 0 aliphatic heterocycles. The van der Waals surface area contributed by atoms with E-state index in [1.807, 2.05) is 43.7 Å². The molecule has 1 atom stereocenters. The van der Waals surface area contributed by atoms with E-state index in [0.29, 0.717) is 0 Å². The highest BCUT2D eigenvalue weighted by Crippen LogP contribution is 2.17. The summed E-state index contributed by atoms with van der Waals surface area (Å²) in [5, 5.41) is 13.7. The first-order valence-electron chi connectivity index (χ1n) is 6.42. The third kappa shape index (κ3) is 3.83. The maximum Gasteiger partial charge on any atom is 0.118 e. The molecule has 19 heavy (non-hydrogen) atoms. The van der Waals surface area contributed by atoms with E-state index in [0.717, 1.165) is 24.2 Å². The first-order valence-corrected chi connectivity index (χ1v) is 6.42. The van der Waals surface area contributed by atoms with Crippen LogP contribution in [0.2, 0.25) is 0 Å². The van der Waals surface area contributed by atoms with Crippen LogP contribution in [0.3, 0.4) is 0 Å². The number of aliphatic hydroxyl groups excluding tert-OH is 1. The van der Waals surface area contributed by atoms with Gasteiger partial charge in [-0.3, -0.25) is 4.68 Å². The van der Waals surface area contributed by atoms with Crippen LogP contribution in [0.5, 0.6) is 5.75 Å². The van der Waals surface area contributed by atoms with Crippen LogP contribution >= 0.6 is 0 Å². The van der Waals surface area contributed by atoms with Crippen molar-refractivity contribution in [1.82, 2.24) is 9.78 Å². The standard InChI is InChI=1S/C15H20N2O2/c1-17-10-14(9-16-17)8-13(11-18)7-12-3-5-15(19-2)6-4-12/h3-6,9-10,13,18H,7-8,11H2,1-2H3. The number of nitrogens with zero attached hydrogens (tertiary/aromatic N) is 2. The molecule has 0 saturated heterocycles. The Hall–Kier alpha value is -1.81. The number of hydrogen-bond acceptors (Lipinski definition) is 3. The Labute approximate surface area is 113 Å². The summed E-state index contributed by atoms with van der Waals surface area (Å²) in [5.74, 6) is 1.08. The Balaban J connectivity index is 1.97. The Morgan fingerprint density at radius 3 is 2.42 bits per heavy atom. The lowest BCUT2D eigenvalue weighted by Gasteiger charge is -2.13. The number of hydrogen-bond donors (Lipinski definition) is 1. The molecule has 1 unspecified atom stereocenters. The number of methoxy groups -OCH3 is 1. The average Bonchev–Trinajstić information content (AvgIpc) is 2.84. The van der Waals surface area contributed by atoms with Crippen molar-refractivity contribution >= 4 is 0 Å². The van der Waals surface area contributed by atoms with Gasteiger partial charge < -0.3 is 9.84 Å². The molecule has 0 aliphatic carbocycles. The van der Waals surface area contributed by atoms with Crippen LogP contribution in [0, 0.1) is 5.92 Å². The summed E-state index contributed by atoms with van der Waals surface area (Å²) in [6.07, 6.45) is 5.55. The summed E-state index contributed by atoms with van der Waals surface area (Å²) < 4.78 is 6.93. The molecule has 0 radical (unpaired) electrons. The van der Waals surface area contributed by atoms with Gasteiger partial charge in [0.1, 0.15) is 5.75 Å². The van der Waals surface area contributed by atoms with Crippen LogP contribution in [0.1, 0.15) is 11.1 Å². The third-order valence-corrected chi connectivity index (χ3v) is 3.22. The molecule has 0 bridgehead atoms. The van der Waals surface area contributed by atoms with Crippen molar-refractivity contribution < 1.29 is 9.84 Å². The smallest absolute Gasteiger partial charge is 0.118 e. The molecule has 4 heteroatoms. The zero-order chi connectivity index (χ0) is 13.7. The SMILES string of the molecule is COc1ccc(CC(CO)Cc2cnn(C)c2)cc1. The van der Waals surface area contributed by atoms with E-state index < -0.39 is 0 Å². The number of ether oxygens (including phenoxy) is 1. The van der Waals surface area contributed by atoms with Crippen molar-refractivity contribution in [2.75, 3.05) is 13.7 Å². The van der Waals surface area contributed by atoms with E-state index >= 15 is 0 Å². The number of aromatic nitrogens is 2. The molecule has 102 valence electrons. The normalized spacial score (nSPS) is 12.4. The number of rotatable bonds is 6. The molecular formula is C15H20N2O2. The minimum atomic E-state index is 0.181. The molecule has 0 amide bonds. The Kier molecular flexibility index (Phi) is 4.58. The van der Waals surface area contributed by atoms with E-state index in [2.05, 4.69) is 5.10 Å². The van der Waals surface area contributed by atoms with E-state index in [9.17, 15) is 5.11 Å². The zero-order valence-electron chi connectivity index (χ0n) is 11.4. The monoisotopic (exact) mass is 260 g/mol. The van der Waals surface area contributed by atoms with E-state index in [-0.39, 0.29) is 12.5 Å². The highest BCUT2D eigenvalue weighted by atomic mass is 16.5. The zero-order valence-corrected chi connectivity index (χ0v) is 11.4. The second kappa shape index (κ2) is 6.38.